The number of nitrogens with one attached hydrogen (secondary N) is 1. The van der Waals surface area contributed by atoms with E-state index in [4.69, 9.17) is 27.9 Å². The summed E-state index contributed by atoms with van der Waals surface area (Å²) in [6.07, 6.45) is -0.596. The predicted octanol–water partition coefficient (Wildman–Crippen LogP) is 3.76. The Balaban J connectivity index is 1.98. The van der Waals surface area contributed by atoms with Crippen molar-refractivity contribution >= 4 is 40.8 Å². The number of anilines is 1. The molecule has 0 saturated heterocycles. The summed E-state index contributed by atoms with van der Waals surface area (Å²) in [5, 5.41) is 2.77. The maximum atomic E-state index is 12.2. The molecule has 2 rings (SSSR count). The van der Waals surface area contributed by atoms with Crippen LogP contribution in [0.5, 0.6) is 0 Å². The van der Waals surface area contributed by atoms with Crippen molar-refractivity contribution in [1.82, 2.24) is 0 Å². The van der Waals surface area contributed by atoms with E-state index >= 15 is 0 Å². The minimum Gasteiger partial charge on any atom is -0.452 e. The van der Waals surface area contributed by atoms with E-state index in [1.165, 1.54) is 6.92 Å². The highest BCUT2D eigenvalue weighted by Crippen LogP contribution is 2.64. The molecule has 1 N–H and O–H groups in total. The lowest BCUT2D eigenvalue weighted by Gasteiger charge is -2.18. The number of halogens is 2. The third-order valence-corrected chi connectivity index (χ3v) is 5.11. The first-order valence-electron chi connectivity index (χ1n) is 7.04. The Labute approximate surface area is 140 Å². The highest BCUT2D eigenvalue weighted by molar-refractivity contribution is 6.53. The zero-order valence-electron chi connectivity index (χ0n) is 13.0. The fourth-order valence-corrected chi connectivity index (χ4v) is 2.76. The van der Waals surface area contributed by atoms with Crippen LogP contribution in [-0.2, 0) is 14.3 Å². The largest absolute Gasteiger partial charge is 0.452 e. The van der Waals surface area contributed by atoms with Gasteiger partial charge < -0.3 is 10.1 Å². The van der Waals surface area contributed by atoms with Gasteiger partial charge >= 0.3 is 5.97 Å². The predicted molar refractivity (Wildman–Crippen MR) is 87.3 cm³/mol. The molecular formula is C16H19Cl2NO3. The van der Waals surface area contributed by atoms with Crippen molar-refractivity contribution < 1.29 is 14.3 Å². The standard InChI is InChI=1S/C16H19Cl2NO3/c1-9-5-6-10(2)12(7-9)19-13(20)11(3)22-14(21)15(4)8-16(15,17)18/h5-7,11H,8H2,1-4H3,(H,19,20). The van der Waals surface area contributed by atoms with Gasteiger partial charge in [-0.1, -0.05) is 12.1 Å². The third kappa shape index (κ3) is 3.23. The number of amides is 1. The summed E-state index contributed by atoms with van der Waals surface area (Å²) < 4.78 is 4.09. The second kappa shape index (κ2) is 5.74. The number of benzene rings is 1. The fraction of sp³-hybridized carbons (Fsp3) is 0.500. The lowest BCUT2D eigenvalue weighted by Crippen LogP contribution is -2.33. The molecule has 0 bridgehead atoms. The van der Waals surface area contributed by atoms with E-state index in [-0.39, 0.29) is 5.91 Å². The Morgan fingerprint density at radius 3 is 2.45 bits per heavy atom. The number of rotatable bonds is 4. The number of ether oxygens (including phenoxy) is 1. The Morgan fingerprint density at radius 1 is 1.32 bits per heavy atom. The molecule has 1 amide bonds. The van der Waals surface area contributed by atoms with Crippen LogP contribution in [0.15, 0.2) is 18.2 Å². The number of hydrogen-bond donors (Lipinski definition) is 1. The first kappa shape index (κ1) is 17.1. The quantitative estimate of drug-likeness (QED) is 0.668. The maximum Gasteiger partial charge on any atom is 0.315 e. The van der Waals surface area contributed by atoms with E-state index in [1.54, 1.807) is 6.92 Å². The zero-order valence-corrected chi connectivity index (χ0v) is 14.5. The van der Waals surface area contributed by atoms with Crippen molar-refractivity contribution in [2.45, 2.75) is 44.6 Å². The monoisotopic (exact) mass is 343 g/mol. The molecule has 0 radical (unpaired) electrons. The molecule has 4 nitrogen and oxygen atoms in total. The average Bonchev–Trinajstić information content (AvgIpc) is 2.94. The summed E-state index contributed by atoms with van der Waals surface area (Å²) in [6, 6.07) is 5.75. The first-order valence-corrected chi connectivity index (χ1v) is 7.79. The van der Waals surface area contributed by atoms with E-state index in [0.29, 0.717) is 12.1 Å². The average molecular weight is 344 g/mol. The second-order valence-corrected chi connectivity index (χ2v) is 7.55. The Morgan fingerprint density at radius 2 is 1.91 bits per heavy atom. The molecule has 1 aromatic rings. The smallest absolute Gasteiger partial charge is 0.315 e. The van der Waals surface area contributed by atoms with Gasteiger partial charge in [-0.05, 0) is 44.9 Å². The van der Waals surface area contributed by atoms with Crippen LogP contribution in [0.3, 0.4) is 0 Å². The summed E-state index contributed by atoms with van der Waals surface area (Å²) in [5.41, 5.74) is 1.73. The molecule has 0 aliphatic heterocycles. The summed E-state index contributed by atoms with van der Waals surface area (Å²) in [5.74, 6) is -0.942. The van der Waals surface area contributed by atoms with Gasteiger partial charge in [0.05, 0.1) is 0 Å². The third-order valence-electron chi connectivity index (χ3n) is 4.01. The highest BCUT2D eigenvalue weighted by Gasteiger charge is 2.69. The fourth-order valence-electron chi connectivity index (χ4n) is 2.07. The molecule has 2 unspecified atom stereocenters. The van der Waals surface area contributed by atoms with E-state index in [2.05, 4.69) is 5.32 Å². The van der Waals surface area contributed by atoms with Crippen molar-refractivity contribution in [1.29, 1.82) is 0 Å². The number of hydrogen-bond acceptors (Lipinski definition) is 3. The molecule has 2 atom stereocenters. The SMILES string of the molecule is Cc1ccc(C)c(NC(=O)C(C)OC(=O)C2(C)CC2(Cl)Cl)c1. The second-order valence-electron chi connectivity index (χ2n) is 6.07. The summed E-state index contributed by atoms with van der Waals surface area (Å²) in [6.45, 7) is 6.98. The Kier molecular flexibility index (Phi) is 4.46. The van der Waals surface area contributed by atoms with E-state index in [9.17, 15) is 9.59 Å². The van der Waals surface area contributed by atoms with Crippen LogP contribution in [0, 0.1) is 19.3 Å². The van der Waals surface area contributed by atoms with Crippen LogP contribution in [0.25, 0.3) is 0 Å². The Bertz CT molecular complexity index is 630. The molecule has 1 fully saturated rings. The molecule has 1 aromatic carbocycles. The van der Waals surface area contributed by atoms with Crippen LogP contribution in [0.1, 0.15) is 31.4 Å². The number of esters is 1. The summed E-state index contributed by atoms with van der Waals surface area (Å²) >= 11 is 11.9. The lowest BCUT2D eigenvalue weighted by atomic mass is 10.1. The molecule has 1 saturated carbocycles. The van der Waals surface area contributed by atoms with Gasteiger partial charge in [-0.25, -0.2) is 0 Å². The molecule has 0 heterocycles. The van der Waals surface area contributed by atoms with Crippen LogP contribution >= 0.6 is 23.2 Å². The molecule has 22 heavy (non-hydrogen) atoms. The van der Waals surface area contributed by atoms with E-state index in [1.807, 2.05) is 32.0 Å². The van der Waals surface area contributed by atoms with Gasteiger partial charge in [0, 0.05) is 12.1 Å². The molecule has 0 spiro atoms. The molecule has 1 aliphatic carbocycles. The van der Waals surface area contributed by atoms with Crippen LogP contribution < -0.4 is 5.32 Å². The Hall–Kier alpha value is -1.26. The molecule has 6 heteroatoms. The minimum absolute atomic E-state index is 0.327. The van der Waals surface area contributed by atoms with Gasteiger partial charge in [0.25, 0.3) is 5.91 Å². The van der Waals surface area contributed by atoms with E-state index < -0.39 is 21.8 Å². The van der Waals surface area contributed by atoms with Gasteiger partial charge in [-0.2, -0.15) is 0 Å². The minimum atomic E-state index is -1.10. The normalized spacial score (nSPS) is 23.5. The van der Waals surface area contributed by atoms with Crippen molar-refractivity contribution in [3.63, 3.8) is 0 Å². The lowest BCUT2D eigenvalue weighted by molar-refractivity contribution is -0.158. The summed E-state index contributed by atoms with van der Waals surface area (Å²) in [4.78, 5) is 24.2. The van der Waals surface area contributed by atoms with Crippen LogP contribution in [0.2, 0.25) is 0 Å². The highest BCUT2D eigenvalue weighted by atomic mass is 35.5. The van der Waals surface area contributed by atoms with Gasteiger partial charge in [-0.15, -0.1) is 23.2 Å². The molecular weight excluding hydrogens is 325 g/mol. The number of aryl methyl sites for hydroxylation is 2. The maximum absolute atomic E-state index is 12.2. The molecule has 120 valence electrons. The number of carbonyl (C=O) groups is 2. The van der Waals surface area contributed by atoms with Gasteiger partial charge in [0.2, 0.25) is 0 Å². The molecule has 1 aliphatic rings. The first-order chi connectivity index (χ1) is 10.1. The zero-order chi connectivity index (χ0) is 16.7. The van der Waals surface area contributed by atoms with Gasteiger partial charge in [0.15, 0.2) is 6.10 Å². The van der Waals surface area contributed by atoms with Crippen molar-refractivity contribution in [3.8, 4) is 0 Å². The molecule has 0 aromatic heterocycles. The number of alkyl halides is 2. The van der Waals surface area contributed by atoms with Crippen molar-refractivity contribution in [2.75, 3.05) is 5.32 Å². The van der Waals surface area contributed by atoms with Gasteiger partial charge in [-0.3, -0.25) is 9.59 Å². The number of carbonyl (C=O) groups excluding carboxylic acids is 2. The summed E-state index contributed by atoms with van der Waals surface area (Å²) in [7, 11) is 0. The topological polar surface area (TPSA) is 55.4 Å². The van der Waals surface area contributed by atoms with Crippen molar-refractivity contribution in [3.05, 3.63) is 29.3 Å². The van der Waals surface area contributed by atoms with Crippen molar-refractivity contribution in [2.24, 2.45) is 5.41 Å². The van der Waals surface area contributed by atoms with Crippen LogP contribution in [0.4, 0.5) is 5.69 Å². The van der Waals surface area contributed by atoms with Crippen LogP contribution in [-0.4, -0.2) is 22.3 Å². The van der Waals surface area contributed by atoms with E-state index in [0.717, 1.165) is 11.1 Å². The van der Waals surface area contributed by atoms with Gasteiger partial charge in [0.1, 0.15) is 9.75 Å².